The zero-order valence-corrected chi connectivity index (χ0v) is 16.5. The lowest BCUT2D eigenvalue weighted by atomic mass is 10.0. The van der Waals surface area contributed by atoms with Gasteiger partial charge in [0.05, 0.1) is 29.1 Å². The lowest BCUT2D eigenvalue weighted by Gasteiger charge is -2.29. The topological polar surface area (TPSA) is 95.3 Å². The van der Waals surface area contributed by atoms with Crippen LogP contribution in [0.2, 0.25) is 0 Å². The highest BCUT2D eigenvalue weighted by Crippen LogP contribution is 2.35. The van der Waals surface area contributed by atoms with Crippen molar-refractivity contribution < 1.29 is 13.2 Å². The summed E-state index contributed by atoms with van der Waals surface area (Å²) in [4.78, 5) is 17.0. The molecule has 0 radical (unpaired) electrons. The van der Waals surface area contributed by atoms with Crippen molar-refractivity contribution in [3.8, 4) is 5.75 Å². The van der Waals surface area contributed by atoms with E-state index in [0.717, 1.165) is 37.0 Å². The van der Waals surface area contributed by atoms with E-state index in [1.165, 1.54) is 6.07 Å². The minimum absolute atomic E-state index is 0.190. The Labute approximate surface area is 163 Å². The van der Waals surface area contributed by atoms with Crippen molar-refractivity contribution in [2.24, 2.45) is 0 Å². The molecule has 2 heterocycles. The van der Waals surface area contributed by atoms with Crippen LogP contribution in [-0.4, -0.2) is 36.3 Å². The van der Waals surface area contributed by atoms with Crippen LogP contribution in [0.15, 0.2) is 52.2 Å². The molecule has 8 heteroatoms. The quantitative estimate of drug-likeness (QED) is 0.702. The van der Waals surface area contributed by atoms with Gasteiger partial charge in [-0.3, -0.25) is 0 Å². The minimum atomic E-state index is -3.71. The van der Waals surface area contributed by atoms with Gasteiger partial charge in [0.15, 0.2) is 0 Å². The third-order valence-corrected chi connectivity index (χ3v) is 7.20. The summed E-state index contributed by atoms with van der Waals surface area (Å²) < 4.78 is 33.8. The number of benzene rings is 2. The Hall–Kier alpha value is -2.58. The van der Waals surface area contributed by atoms with Gasteiger partial charge in [-0.25, -0.2) is 13.2 Å². The van der Waals surface area contributed by atoms with Gasteiger partial charge >= 0.3 is 5.69 Å². The van der Waals surface area contributed by atoms with Crippen molar-refractivity contribution in [2.75, 3.05) is 13.7 Å². The molecule has 7 nitrogen and oxygen atoms in total. The Morgan fingerprint density at radius 2 is 1.75 bits per heavy atom. The molecule has 4 rings (SSSR count). The maximum absolute atomic E-state index is 13.5. The monoisotopic (exact) mass is 401 g/mol. The molecule has 0 amide bonds. The first-order valence-electron chi connectivity index (χ1n) is 9.37. The SMILES string of the molecule is COc1ccc(C2CCCCCN2S(=O)(=O)c2ccc3[nH]c(=O)[nH]c3c2)cc1. The van der Waals surface area contributed by atoms with E-state index < -0.39 is 10.0 Å². The van der Waals surface area contributed by atoms with Crippen molar-refractivity contribution >= 4 is 21.1 Å². The number of ether oxygens (including phenoxy) is 1. The van der Waals surface area contributed by atoms with Gasteiger partial charge in [-0.1, -0.05) is 25.0 Å². The maximum atomic E-state index is 13.5. The Kier molecular flexibility index (Phi) is 4.99. The number of H-pyrrole nitrogens is 2. The van der Waals surface area contributed by atoms with E-state index in [1.807, 2.05) is 24.3 Å². The largest absolute Gasteiger partial charge is 0.497 e. The van der Waals surface area contributed by atoms with E-state index in [4.69, 9.17) is 4.74 Å². The molecular weight excluding hydrogens is 378 g/mol. The molecule has 28 heavy (non-hydrogen) atoms. The molecule has 1 aliphatic heterocycles. The van der Waals surface area contributed by atoms with Gasteiger partial charge in [-0.05, 0) is 48.7 Å². The second-order valence-electron chi connectivity index (χ2n) is 7.04. The normalized spacial score (nSPS) is 18.8. The number of imidazole rings is 1. The molecule has 1 saturated heterocycles. The molecule has 1 unspecified atom stereocenters. The van der Waals surface area contributed by atoms with E-state index in [-0.39, 0.29) is 16.6 Å². The first-order valence-corrected chi connectivity index (χ1v) is 10.8. The Morgan fingerprint density at radius 3 is 2.50 bits per heavy atom. The number of rotatable bonds is 4. The summed E-state index contributed by atoms with van der Waals surface area (Å²) in [6.45, 7) is 0.473. The third kappa shape index (κ3) is 3.45. The van der Waals surface area contributed by atoms with Crippen molar-refractivity contribution in [3.05, 3.63) is 58.5 Å². The van der Waals surface area contributed by atoms with Crippen molar-refractivity contribution in [1.82, 2.24) is 14.3 Å². The van der Waals surface area contributed by atoms with Crippen LogP contribution in [0, 0.1) is 0 Å². The molecule has 148 valence electrons. The second kappa shape index (κ2) is 7.44. The highest BCUT2D eigenvalue weighted by atomic mass is 32.2. The first-order chi connectivity index (χ1) is 13.5. The number of aromatic nitrogens is 2. The van der Waals surface area contributed by atoms with Crippen LogP contribution < -0.4 is 10.4 Å². The maximum Gasteiger partial charge on any atom is 0.323 e. The van der Waals surface area contributed by atoms with Crippen molar-refractivity contribution in [3.63, 3.8) is 0 Å². The Morgan fingerprint density at radius 1 is 1.00 bits per heavy atom. The van der Waals surface area contributed by atoms with Crippen LogP contribution >= 0.6 is 0 Å². The highest BCUT2D eigenvalue weighted by Gasteiger charge is 2.33. The number of sulfonamides is 1. The number of nitrogens with one attached hydrogen (secondary N) is 2. The van der Waals surface area contributed by atoms with Gasteiger partial charge in [0.1, 0.15) is 5.75 Å². The van der Waals surface area contributed by atoms with Gasteiger partial charge in [-0.2, -0.15) is 4.31 Å². The molecular formula is C20H23N3O4S. The van der Waals surface area contributed by atoms with Crippen LogP contribution in [0.25, 0.3) is 11.0 Å². The highest BCUT2D eigenvalue weighted by molar-refractivity contribution is 7.89. The first kappa shape index (κ1) is 18.8. The molecule has 3 aromatic rings. The summed E-state index contributed by atoms with van der Waals surface area (Å²) in [7, 11) is -2.10. The molecule has 1 atom stereocenters. The molecule has 0 spiro atoms. The summed E-state index contributed by atoms with van der Waals surface area (Å²) in [5, 5.41) is 0. The van der Waals surface area contributed by atoms with Crippen LogP contribution in [0.3, 0.4) is 0 Å². The molecule has 0 bridgehead atoms. The Bertz CT molecular complexity index is 1130. The average Bonchev–Trinajstić information content (AvgIpc) is 2.90. The van der Waals surface area contributed by atoms with Gasteiger partial charge < -0.3 is 14.7 Å². The molecule has 2 aromatic carbocycles. The molecule has 2 N–H and O–H groups in total. The summed E-state index contributed by atoms with van der Waals surface area (Å²) in [6.07, 6.45) is 3.58. The molecule has 1 aromatic heterocycles. The van der Waals surface area contributed by atoms with Gasteiger partial charge in [0, 0.05) is 6.54 Å². The summed E-state index contributed by atoms with van der Waals surface area (Å²) >= 11 is 0. The number of nitrogens with zero attached hydrogens (tertiary/aromatic N) is 1. The predicted octanol–water partition coefficient (Wildman–Crippen LogP) is 3.17. The zero-order chi connectivity index (χ0) is 19.7. The molecule has 1 fully saturated rings. The summed E-state index contributed by atoms with van der Waals surface area (Å²) in [5.41, 5.74) is 1.69. The van der Waals surface area contributed by atoms with E-state index in [2.05, 4.69) is 9.97 Å². The van der Waals surface area contributed by atoms with Gasteiger partial charge in [-0.15, -0.1) is 0 Å². The van der Waals surface area contributed by atoms with Crippen molar-refractivity contribution in [1.29, 1.82) is 0 Å². The van der Waals surface area contributed by atoms with Crippen molar-refractivity contribution in [2.45, 2.75) is 36.6 Å². The van der Waals surface area contributed by atoms with Gasteiger partial charge in [0.25, 0.3) is 0 Å². The number of methoxy groups -OCH3 is 1. The van der Waals surface area contributed by atoms with Crippen LogP contribution in [-0.2, 0) is 10.0 Å². The summed E-state index contributed by atoms with van der Waals surface area (Å²) in [5.74, 6) is 0.744. The second-order valence-corrected chi connectivity index (χ2v) is 8.93. The zero-order valence-electron chi connectivity index (χ0n) is 15.6. The lowest BCUT2D eigenvalue weighted by molar-refractivity contribution is 0.328. The molecule has 1 aliphatic rings. The van der Waals surface area contributed by atoms with Crippen LogP contribution in [0.1, 0.15) is 37.3 Å². The number of aromatic amines is 2. The number of fused-ring (bicyclic) bond motifs is 1. The fraction of sp³-hybridized carbons (Fsp3) is 0.350. The van der Waals surface area contributed by atoms with Gasteiger partial charge in [0.2, 0.25) is 10.0 Å². The number of hydrogen-bond donors (Lipinski definition) is 2. The summed E-state index contributed by atoms with van der Waals surface area (Å²) in [6, 6.07) is 12.1. The van der Waals surface area contributed by atoms with E-state index in [1.54, 1.807) is 23.5 Å². The Balaban J connectivity index is 1.75. The molecule has 0 saturated carbocycles. The average molecular weight is 401 g/mol. The van der Waals surface area contributed by atoms with Crippen LogP contribution in [0.5, 0.6) is 5.75 Å². The number of hydrogen-bond acceptors (Lipinski definition) is 4. The van der Waals surface area contributed by atoms with E-state index in [9.17, 15) is 13.2 Å². The third-order valence-electron chi connectivity index (χ3n) is 5.30. The lowest BCUT2D eigenvalue weighted by Crippen LogP contribution is -2.34. The van der Waals surface area contributed by atoms with Crippen LogP contribution in [0.4, 0.5) is 0 Å². The smallest absolute Gasteiger partial charge is 0.323 e. The van der Waals surface area contributed by atoms with E-state index >= 15 is 0 Å². The molecule has 0 aliphatic carbocycles. The fourth-order valence-electron chi connectivity index (χ4n) is 3.84. The fourth-order valence-corrected chi connectivity index (χ4v) is 5.55. The standard InChI is InChI=1S/C20H23N3O4S/c1-27-15-8-6-14(7-9-15)19-5-3-2-4-12-23(19)28(25,26)16-10-11-17-18(13-16)22-20(24)21-17/h6-11,13,19H,2-5,12H2,1H3,(H2,21,22,24). The predicted molar refractivity (Wildman–Crippen MR) is 107 cm³/mol. The van der Waals surface area contributed by atoms with E-state index in [0.29, 0.717) is 17.6 Å². The minimum Gasteiger partial charge on any atom is -0.497 e.